The molecule has 0 heterocycles. The Hall–Kier alpha value is -2.54. The van der Waals surface area contributed by atoms with Gasteiger partial charge in [-0.2, -0.15) is 0 Å². The minimum Gasteiger partial charge on any atom is -0.497 e. The van der Waals surface area contributed by atoms with E-state index in [4.69, 9.17) is 9.47 Å². The number of halogens is 1. The summed E-state index contributed by atoms with van der Waals surface area (Å²) in [5.74, 6) is 1.26. The zero-order valence-corrected chi connectivity index (χ0v) is 21.8. The summed E-state index contributed by atoms with van der Waals surface area (Å²) < 4.78 is 11.9. The molecule has 0 saturated heterocycles. The number of nitrogens with zero attached hydrogens (tertiary/aromatic N) is 1. The van der Waals surface area contributed by atoms with Crippen LogP contribution < -0.4 is 14.8 Å². The molecule has 2 rings (SSSR count). The van der Waals surface area contributed by atoms with E-state index in [0.717, 1.165) is 22.2 Å². The van der Waals surface area contributed by atoms with E-state index in [9.17, 15) is 9.59 Å². The van der Waals surface area contributed by atoms with E-state index >= 15 is 0 Å². The molecule has 0 radical (unpaired) electrons. The predicted molar refractivity (Wildman–Crippen MR) is 134 cm³/mol. The molecule has 0 aliphatic rings. The highest BCUT2D eigenvalue weighted by Crippen LogP contribution is 2.26. The standard InChI is InChI=1S/C26H35BrN2O4/c1-6-19-10-13-24(22(27)14-19)33-17-25(30)29(16-20-8-11-21(32-5)12-9-20)23(7-2)26(31)28-15-18(3)4/h8-14,18,23H,6-7,15-17H2,1-5H3,(H,28,31)/t23-/m0/s1. The van der Waals surface area contributed by atoms with Gasteiger partial charge in [0.25, 0.3) is 5.91 Å². The van der Waals surface area contributed by atoms with Crippen LogP contribution in [0.1, 0.15) is 45.2 Å². The maximum atomic E-state index is 13.3. The Morgan fingerprint density at radius 2 is 1.73 bits per heavy atom. The van der Waals surface area contributed by atoms with Crippen molar-refractivity contribution in [2.45, 2.75) is 53.1 Å². The Morgan fingerprint density at radius 3 is 2.27 bits per heavy atom. The van der Waals surface area contributed by atoms with Crippen LogP contribution in [-0.4, -0.2) is 43.0 Å². The van der Waals surface area contributed by atoms with Crippen LogP contribution in [0.25, 0.3) is 0 Å². The Morgan fingerprint density at radius 1 is 1.06 bits per heavy atom. The summed E-state index contributed by atoms with van der Waals surface area (Å²) in [6, 6.07) is 12.7. The topological polar surface area (TPSA) is 67.9 Å². The molecule has 0 fully saturated rings. The maximum absolute atomic E-state index is 13.3. The average Bonchev–Trinajstić information content (AvgIpc) is 2.81. The van der Waals surface area contributed by atoms with Gasteiger partial charge in [0.1, 0.15) is 17.5 Å². The smallest absolute Gasteiger partial charge is 0.261 e. The molecule has 2 aromatic carbocycles. The van der Waals surface area contributed by atoms with Crippen LogP contribution in [0.4, 0.5) is 0 Å². The molecule has 0 saturated carbocycles. The summed E-state index contributed by atoms with van der Waals surface area (Å²) in [5, 5.41) is 2.97. The molecule has 0 bridgehead atoms. The summed E-state index contributed by atoms with van der Waals surface area (Å²) in [6.45, 7) is 8.78. The first-order chi connectivity index (χ1) is 15.8. The van der Waals surface area contributed by atoms with Crippen LogP contribution >= 0.6 is 15.9 Å². The molecular formula is C26H35BrN2O4. The van der Waals surface area contributed by atoms with Crippen molar-refractivity contribution in [1.29, 1.82) is 0 Å². The third-order valence-electron chi connectivity index (χ3n) is 5.34. The zero-order chi connectivity index (χ0) is 24.4. The molecule has 0 aromatic heterocycles. The van der Waals surface area contributed by atoms with Gasteiger partial charge >= 0.3 is 0 Å². The van der Waals surface area contributed by atoms with Gasteiger partial charge in [0.05, 0.1) is 11.6 Å². The van der Waals surface area contributed by atoms with Gasteiger partial charge in [-0.25, -0.2) is 0 Å². The number of ether oxygens (including phenoxy) is 2. The third-order valence-corrected chi connectivity index (χ3v) is 5.96. The van der Waals surface area contributed by atoms with Gasteiger partial charge in [-0.05, 0) is 70.1 Å². The highest BCUT2D eigenvalue weighted by Gasteiger charge is 2.29. The molecule has 6 nitrogen and oxygen atoms in total. The van der Waals surface area contributed by atoms with E-state index < -0.39 is 6.04 Å². The molecule has 0 aliphatic heterocycles. The predicted octanol–water partition coefficient (Wildman–Crippen LogP) is 4.98. The van der Waals surface area contributed by atoms with Gasteiger partial charge in [-0.3, -0.25) is 9.59 Å². The Bertz CT molecular complexity index is 915. The normalized spacial score (nSPS) is 11.7. The van der Waals surface area contributed by atoms with E-state index in [0.29, 0.717) is 31.2 Å². The average molecular weight is 519 g/mol. The van der Waals surface area contributed by atoms with Gasteiger partial charge < -0.3 is 19.7 Å². The van der Waals surface area contributed by atoms with Gasteiger partial charge in [-0.15, -0.1) is 0 Å². The lowest BCUT2D eigenvalue weighted by molar-refractivity contribution is -0.143. The number of rotatable bonds is 12. The van der Waals surface area contributed by atoms with E-state index in [2.05, 4.69) is 28.2 Å². The summed E-state index contributed by atoms with van der Waals surface area (Å²) in [7, 11) is 1.61. The number of hydrogen-bond donors (Lipinski definition) is 1. The number of aryl methyl sites for hydroxylation is 1. The molecule has 0 unspecified atom stereocenters. The molecule has 180 valence electrons. The molecule has 0 spiro atoms. The fourth-order valence-electron chi connectivity index (χ4n) is 3.37. The Balaban J connectivity index is 2.21. The van der Waals surface area contributed by atoms with Crippen LogP contribution in [-0.2, 0) is 22.6 Å². The van der Waals surface area contributed by atoms with Crippen LogP contribution in [0.2, 0.25) is 0 Å². The lowest BCUT2D eigenvalue weighted by Gasteiger charge is -2.31. The number of benzene rings is 2. The minimum absolute atomic E-state index is 0.151. The van der Waals surface area contributed by atoms with Crippen molar-refractivity contribution in [3.05, 3.63) is 58.1 Å². The van der Waals surface area contributed by atoms with Crippen molar-refractivity contribution in [1.82, 2.24) is 10.2 Å². The first-order valence-electron chi connectivity index (χ1n) is 11.4. The quantitative estimate of drug-likeness (QED) is 0.430. The van der Waals surface area contributed by atoms with Crippen molar-refractivity contribution in [3.63, 3.8) is 0 Å². The second-order valence-electron chi connectivity index (χ2n) is 8.34. The molecule has 7 heteroatoms. The lowest BCUT2D eigenvalue weighted by atomic mass is 10.1. The Kier molecular flexibility index (Phi) is 10.7. The number of nitrogens with one attached hydrogen (secondary N) is 1. The largest absolute Gasteiger partial charge is 0.497 e. The maximum Gasteiger partial charge on any atom is 0.261 e. The number of carbonyl (C=O) groups excluding carboxylic acids is 2. The monoisotopic (exact) mass is 518 g/mol. The molecular weight excluding hydrogens is 484 g/mol. The molecule has 33 heavy (non-hydrogen) atoms. The second-order valence-corrected chi connectivity index (χ2v) is 9.19. The number of amides is 2. The van der Waals surface area contributed by atoms with E-state index in [-0.39, 0.29) is 18.4 Å². The molecule has 2 aromatic rings. The lowest BCUT2D eigenvalue weighted by Crippen LogP contribution is -2.50. The third kappa shape index (κ3) is 8.07. The van der Waals surface area contributed by atoms with Gasteiger partial charge in [-0.1, -0.05) is 45.9 Å². The SMILES string of the molecule is CCc1ccc(OCC(=O)N(Cc2ccc(OC)cc2)[C@@H](CC)C(=O)NCC(C)C)c(Br)c1. The molecule has 2 amide bonds. The Labute approximate surface area is 205 Å². The summed E-state index contributed by atoms with van der Waals surface area (Å²) >= 11 is 3.52. The van der Waals surface area contributed by atoms with Crippen LogP contribution in [0, 0.1) is 5.92 Å². The van der Waals surface area contributed by atoms with E-state index in [1.165, 1.54) is 5.56 Å². The molecule has 1 N–H and O–H groups in total. The number of carbonyl (C=O) groups is 2. The summed E-state index contributed by atoms with van der Waals surface area (Å²) in [4.78, 5) is 27.8. The highest BCUT2D eigenvalue weighted by molar-refractivity contribution is 9.10. The van der Waals surface area contributed by atoms with Crippen molar-refractivity contribution < 1.29 is 19.1 Å². The van der Waals surface area contributed by atoms with Crippen LogP contribution in [0.3, 0.4) is 0 Å². The first-order valence-corrected chi connectivity index (χ1v) is 12.2. The summed E-state index contributed by atoms with van der Waals surface area (Å²) in [5.41, 5.74) is 2.09. The van der Waals surface area contributed by atoms with Gasteiger partial charge in [0.15, 0.2) is 6.61 Å². The van der Waals surface area contributed by atoms with Crippen LogP contribution in [0.15, 0.2) is 46.9 Å². The van der Waals surface area contributed by atoms with Crippen molar-refractivity contribution in [2.24, 2.45) is 5.92 Å². The van der Waals surface area contributed by atoms with E-state index in [1.54, 1.807) is 12.0 Å². The van der Waals surface area contributed by atoms with Crippen molar-refractivity contribution >= 4 is 27.7 Å². The first kappa shape index (κ1) is 26.7. The molecule has 1 atom stereocenters. The van der Waals surface area contributed by atoms with Crippen molar-refractivity contribution in [3.8, 4) is 11.5 Å². The van der Waals surface area contributed by atoms with E-state index in [1.807, 2.05) is 63.2 Å². The zero-order valence-electron chi connectivity index (χ0n) is 20.2. The molecule has 0 aliphatic carbocycles. The summed E-state index contributed by atoms with van der Waals surface area (Å²) in [6.07, 6.45) is 1.41. The number of methoxy groups -OCH3 is 1. The minimum atomic E-state index is -0.590. The van der Waals surface area contributed by atoms with Gasteiger partial charge in [0.2, 0.25) is 5.91 Å². The number of hydrogen-bond acceptors (Lipinski definition) is 4. The second kappa shape index (κ2) is 13.2. The fourth-order valence-corrected chi connectivity index (χ4v) is 3.91. The van der Waals surface area contributed by atoms with Crippen molar-refractivity contribution in [2.75, 3.05) is 20.3 Å². The highest BCUT2D eigenvalue weighted by atomic mass is 79.9. The van der Waals surface area contributed by atoms with Gasteiger partial charge in [0, 0.05) is 13.1 Å². The fraction of sp³-hybridized carbons (Fsp3) is 0.462. The van der Waals surface area contributed by atoms with Crippen LogP contribution in [0.5, 0.6) is 11.5 Å².